The van der Waals surface area contributed by atoms with E-state index in [2.05, 4.69) is 35.2 Å². The van der Waals surface area contributed by atoms with Crippen LogP contribution in [0, 0.1) is 0 Å². The molecule has 0 saturated heterocycles. The maximum Gasteiger partial charge on any atom is 0.291 e. The molecule has 5 aromatic heterocycles. The standard InChI is InChI=1S/C27H31N11O3S/c1-4-13-37(27(39)25-32-16-33-36-25)18(5-2)8-10-20-22(42(3,40)41)23(28)38-26(35-20)19(15-34-38)17-7-9-21(31-14-17)24-29-11-6-12-30-24/h6-7,9,11-12,14-16,18H,4-5,8,10,13,28H2,1-3H3,(H,32,33,36)/t18-/m1/s1. The topological polar surface area (TPSA) is 191 Å². The van der Waals surface area contributed by atoms with E-state index in [1.165, 1.54) is 10.8 Å². The zero-order valence-electron chi connectivity index (χ0n) is 23.5. The second-order valence-corrected chi connectivity index (χ2v) is 11.7. The molecule has 42 heavy (non-hydrogen) atoms. The number of nitrogens with one attached hydrogen (secondary N) is 1. The van der Waals surface area contributed by atoms with Gasteiger partial charge in [0, 0.05) is 48.6 Å². The average molecular weight is 590 g/mol. The first kappa shape index (κ1) is 28.7. The molecule has 15 heteroatoms. The molecule has 5 rings (SSSR count). The summed E-state index contributed by atoms with van der Waals surface area (Å²) in [4.78, 5) is 36.6. The van der Waals surface area contributed by atoms with E-state index >= 15 is 0 Å². The molecule has 1 atom stereocenters. The third-order valence-corrected chi connectivity index (χ3v) is 8.10. The van der Waals surface area contributed by atoms with Crippen LogP contribution in [0.3, 0.4) is 0 Å². The van der Waals surface area contributed by atoms with E-state index in [1.807, 2.05) is 19.9 Å². The fraction of sp³-hybridized carbons (Fsp3) is 0.333. The Morgan fingerprint density at radius 2 is 1.90 bits per heavy atom. The van der Waals surface area contributed by atoms with Crippen molar-refractivity contribution in [2.45, 2.75) is 50.5 Å². The van der Waals surface area contributed by atoms with Gasteiger partial charge in [-0.2, -0.15) is 14.7 Å². The van der Waals surface area contributed by atoms with Gasteiger partial charge in [0.2, 0.25) is 5.82 Å². The quantitative estimate of drug-likeness (QED) is 0.230. The van der Waals surface area contributed by atoms with Gasteiger partial charge in [0.05, 0.1) is 11.9 Å². The number of carbonyl (C=O) groups is 1. The lowest BCUT2D eigenvalue weighted by Crippen LogP contribution is -2.41. The molecule has 0 bridgehead atoms. The van der Waals surface area contributed by atoms with Gasteiger partial charge in [0.1, 0.15) is 22.7 Å². The van der Waals surface area contributed by atoms with Gasteiger partial charge in [-0.1, -0.05) is 19.9 Å². The van der Waals surface area contributed by atoms with Crippen molar-refractivity contribution >= 4 is 27.2 Å². The number of sulfone groups is 1. The molecule has 0 saturated carbocycles. The monoisotopic (exact) mass is 589 g/mol. The fourth-order valence-electron chi connectivity index (χ4n) is 4.96. The van der Waals surface area contributed by atoms with Crippen LogP contribution in [0.5, 0.6) is 0 Å². The van der Waals surface area contributed by atoms with Crippen LogP contribution in [-0.2, 0) is 16.3 Å². The van der Waals surface area contributed by atoms with E-state index in [9.17, 15) is 13.2 Å². The van der Waals surface area contributed by atoms with Gasteiger partial charge < -0.3 is 10.6 Å². The number of hydrogen-bond acceptors (Lipinski definition) is 11. The molecule has 0 fully saturated rings. The van der Waals surface area contributed by atoms with Crippen LogP contribution < -0.4 is 5.73 Å². The van der Waals surface area contributed by atoms with Crippen LogP contribution in [0.2, 0.25) is 0 Å². The smallest absolute Gasteiger partial charge is 0.291 e. The van der Waals surface area contributed by atoms with Crippen molar-refractivity contribution in [3.05, 3.63) is 60.8 Å². The van der Waals surface area contributed by atoms with E-state index in [4.69, 9.17) is 10.7 Å². The van der Waals surface area contributed by atoms with Crippen LogP contribution in [-0.4, -0.2) is 82.8 Å². The highest BCUT2D eigenvalue weighted by molar-refractivity contribution is 7.91. The second-order valence-electron chi connectivity index (χ2n) is 9.78. The molecule has 0 aliphatic carbocycles. The van der Waals surface area contributed by atoms with Crippen molar-refractivity contribution in [1.29, 1.82) is 0 Å². The van der Waals surface area contributed by atoms with Gasteiger partial charge in [0.25, 0.3) is 5.91 Å². The summed E-state index contributed by atoms with van der Waals surface area (Å²) in [6, 6.07) is 5.18. The number of hydrogen-bond donors (Lipinski definition) is 2. The Morgan fingerprint density at radius 1 is 1.12 bits per heavy atom. The maximum absolute atomic E-state index is 13.2. The SMILES string of the molecule is CCCN(C(=O)c1ncn[nH]1)[C@H](CC)CCc1nc2c(-c3ccc(-c4ncccn4)nc3)cnn2c(N)c1S(C)(=O)=O. The number of nitrogen functional groups attached to an aromatic ring is 1. The van der Waals surface area contributed by atoms with Crippen LogP contribution in [0.4, 0.5) is 5.82 Å². The van der Waals surface area contributed by atoms with Crippen molar-refractivity contribution in [1.82, 2.24) is 49.6 Å². The van der Waals surface area contributed by atoms with E-state index in [0.29, 0.717) is 53.4 Å². The summed E-state index contributed by atoms with van der Waals surface area (Å²) in [7, 11) is -3.76. The summed E-state index contributed by atoms with van der Waals surface area (Å²) in [6.07, 6.45) is 11.0. The summed E-state index contributed by atoms with van der Waals surface area (Å²) >= 11 is 0. The summed E-state index contributed by atoms with van der Waals surface area (Å²) < 4.78 is 27.2. The number of aromatic nitrogens is 9. The first-order valence-electron chi connectivity index (χ1n) is 13.5. The molecule has 1 amide bonds. The normalized spacial score (nSPS) is 12.5. The van der Waals surface area contributed by atoms with Gasteiger partial charge in [-0.15, -0.1) is 0 Å². The minimum Gasteiger partial charge on any atom is -0.382 e. The molecule has 3 N–H and O–H groups in total. The number of aryl methyl sites for hydroxylation is 1. The average Bonchev–Trinajstić information content (AvgIpc) is 3.67. The summed E-state index contributed by atoms with van der Waals surface area (Å²) in [5.74, 6) is 0.366. The van der Waals surface area contributed by atoms with Crippen LogP contribution >= 0.6 is 0 Å². The number of pyridine rings is 1. The summed E-state index contributed by atoms with van der Waals surface area (Å²) in [5.41, 5.74) is 9.09. The Bertz CT molecular complexity index is 1790. The summed E-state index contributed by atoms with van der Waals surface area (Å²) in [5, 5.41) is 10.8. The lowest BCUT2D eigenvalue weighted by Gasteiger charge is -2.30. The number of anilines is 1. The molecule has 14 nitrogen and oxygen atoms in total. The van der Waals surface area contributed by atoms with E-state index < -0.39 is 9.84 Å². The number of H-pyrrole nitrogens is 1. The molecule has 0 aromatic carbocycles. The lowest BCUT2D eigenvalue weighted by molar-refractivity contribution is 0.0650. The van der Waals surface area contributed by atoms with Gasteiger partial charge in [-0.3, -0.25) is 14.9 Å². The third-order valence-electron chi connectivity index (χ3n) is 6.92. The molecule has 218 valence electrons. The number of fused-ring (bicyclic) bond motifs is 1. The predicted octanol–water partition coefficient (Wildman–Crippen LogP) is 2.62. The lowest BCUT2D eigenvalue weighted by atomic mass is 10.0. The number of nitrogens with zero attached hydrogens (tertiary/aromatic N) is 9. The summed E-state index contributed by atoms with van der Waals surface area (Å²) in [6.45, 7) is 4.48. The Hall–Kier alpha value is -4.79. The minimum absolute atomic E-state index is 0.0257. The zero-order valence-corrected chi connectivity index (χ0v) is 24.3. The molecule has 0 unspecified atom stereocenters. The fourth-order valence-corrected chi connectivity index (χ4v) is 6.00. The Labute approximate surface area is 242 Å². The first-order chi connectivity index (χ1) is 20.2. The molecule has 5 aromatic rings. The molecule has 0 aliphatic heterocycles. The second kappa shape index (κ2) is 12.0. The largest absolute Gasteiger partial charge is 0.382 e. The highest BCUT2D eigenvalue weighted by Crippen LogP contribution is 2.31. The number of aromatic amines is 1. The van der Waals surface area contributed by atoms with Crippen molar-refractivity contribution in [3.63, 3.8) is 0 Å². The molecule has 0 radical (unpaired) electrons. The van der Waals surface area contributed by atoms with Gasteiger partial charge >= 0.3 is 0 Å². The van der Waals surface area contributed by atoms with E-state index in [0.717, 1.165) is 12.7 Å². The molecular weight excluding hydrogens is 558 g/mol. The number of carbonyl (C=O) groups excluding carboxylic acids is 1. The van der Waals surface area contributed by atoms with E-state index in [-0.39, 0.29) is 34.9 Å². The van der Waals surface area contributed by atoms with Crippen LogP contribution in [0.15, 0.2) is 54.2 Å². The molecule has 5 heterocycles. The molecule has 0 spiro atoms. The van der Waals surface area contributed by atoms with Crippen molar-refractivity contribution in [2.24, 2.45) is 0 Å². The number of rotatable bonds is 11. The predicted molar refractivity (Wildman–Crippen MR) is 155 cm³/mol. The number of amides is 1. The number of nitrogens with two attached hydrogens (primary N) is 1. The van der Waals surface area contributed by atoms with Crippen molar-refractivity contribution < 1.29 is 13.2 Å². The van der Waals surface area contributed by atoms with Crippen LogP contribution in [0.25, 0.3) is 28.3 Å². The highest BCUT2D eigenvalue weighted by Gasteiger charge is 2.28. The van der Waals surface area contributed by atoms with Crippen molar-refractivity contribution in [3.8, 4) is 22.6 Å². The van der Waals surface area contributed by atoms with Gasteiger partial charge in [-0.25, -0.2) is 28.4 Å². The highest BCUT2D eigenvalue weighted by atomic mass is 32.2. The Morgan fingerprint density at radius 3 is 2.52 bits per heavy atom. The van der Waals surface area contributed by atoms with Crippen molar-refractivity contribution in [2.75, 3.05) is 18.5 Å². The van der Waals surface area contributed by atoms with Crippen LogP contribution in [0.1, 0.15) is 49.4 Å². The van der Waals surface area contributed by atoms with Gasteiger partial charge in [-0.05, 0) is 37.8 Å². The Balaban J connectivity index is 1.51. The molecule has 0 aliphatic rings. The minimum atomic E-state index is -3.76. The first-order valence-corrected chi connectivity index (χ1v) is 15.4. The van der Waals surface area contributed by atoms with Gasteiger partial charge in [0.15, 0.2) is 21.3 Å². The Kier molecular flexibility index (Phi) is 8.20. The zero-order chi connectivity index (χ0) is 29.9. The third kappa shape index (κ3) is 5.68. The van der Waals surface area contributed by atoms with E-state index in [1.54, 1.807) is 41.8 Å². The maximum atomic E-state index is 13.2. The molecular formula is C27H31N11O3S.